The summed E-state index contributed by atoms with van der Waals surface area (Å²) in [5, 5.41) is 16.6. The molecule has 1 aliphatic rings. The zero-order valence-corrected chi connectivity index (χ0v) is 8.48. The van der Waals surface area contributed by atoms with Crippen molar-refractivity contribution in [2.45, 2.75) is 12.2 Å². The van der Waals surface area contributed by atoms with Crippen LogP contribution in [0.3, 0.4) is 0 Å². The molecule has 1 atom stereocenters. The second-order valence-electron chi connectivity index (χ2n) is 2.87. The number of hydroxylamine groups is 2. The van der Waals surface area contributed by atoms with Gasteiger partial charge in [-0.05, 0) is 0 Å². The van der Waals surface area contributed by atoms with Crippen LogP contribution in [0.25, 0.3) is 0 Å². The van der Waals surface area contributed by atoms with Gasteiger partial charge in [0.1, 0.15) is 6.04 Å². The van der Waals surface area contributed by atoms with Gasteiger partial charge in [-0.3, -0.25) is 9.63 Å². The molecule has 0 saturated carbocycles. The minimum atomic E-state index is -5.08. The molecule has 0 unspecified atom stereocenters. The summed E-state index contributed by atoms with van der Waals surface area (Å²) in [5.41, 5.74) is 5.30. The summed E-state index contributed by atoms with van der Waals surface area (Å²) in [5.74, 6) is -3.01. The first-order valence-corrected chi connectivity index (χ1v) is 4.31. The molecule has 4 N–H and O–H groups in total. The number of carbonyl (C=O) groups excluding carboxylic acids is 1. The molecule has 7 nitrogen and oxygen atoms in total. The summed E-state index contributed by atoms with van der Waals surface area (Å²) in [6.07, 6.45) is -5.08. The Labute approximate surface area is 93.5 Å². The highest BCUT2D eigenvalue weighted by molar-refractivity contribution is 5.82. The van der Waals surface area contributed by atoms with Crippen molar-refractivity contribution in [3.8, 4) is 0 Å². The number of nitrogens with zero attached hydrogens (tertiary/aromatic N) is 1. The Morgan fingerprint density at radius 3 is 2.29 bits per heavy atom. The van der Waals surface area contributed by atoms with Gasteiger partial charge >= 0.3 is 12.1 Å². The van der Waals surface area contributed by atoms with Gasteiger partial charge in [-0.1, -0.05) is 0 Å². The molecule has 0 aromatic heterocycles. The van der Waals surface area contributed by atoms with Crippen molar-refractivity contribution < 1.29 is 37.8 Å². The number of hydrogen-bond acceptors (Lipinski definition) is 5. The lowest BCUT2D eigenvalue weighted by molar-refractivity contribution is -0.192. The number of alkyl halides is 3. The van der Waals surface area contributed by atoms with Crippen molar-refractivity contribution in [3.05, 3.63) is 0 Å². The Morgan fingerprint density at radius 1 is 1.59 bits per heavy atom. The summed E-state index contributed by atoms with van der Waals surface area (Å²) in [7, 11) is 0. The predicted octanol–water partition coefficient (Wildman–Crippen LogP) is -1.29. The Hall–Kier alpha value is -1.39. The molecule has 0 spiro atoms. The van der Waals surface area contributed by atoms with Gasteiger partial charge < -0.3 is 15.9 Å². The topological polar surface area (TPSA) is 113 Å². The standard InChI is InChI=1S/C5H10N2O3.C2HF3O2/c6-4-3-10-7(1-2-8)5(4)9;3-2(4,5)1(6)7/h4,8H,1-3,6H2;(H,6,7)/t4-;/m1./s1. The molecule has 0 aliphatic carbocycles. The molecule has 17 heavy (non-hydrogen) atoms. The quantitative estimate of drug-likeness (QED) is 0.569. The van der Waals surface area contributed by atoms with Gasteiger partial charge in [-0.25, -0.2) is 9.86 Å². The van der Waals surface area contributed by atoms with Crippen LogP contribution < -0.4 is 5.73 Å². The van der Waals surface area contributed by atoms with E-state index in [2.05, 4.69) is 0 Å². The van der Waals surface area contributed by atoms with Crippen molar-refractivity contribution in [1.82, 2.24) is 5.06 Å². The number of halogens is 3. The monoisotopic (exact) mass is 260 g/mol. The fraction of sp³-hybridized carbons (Fsp3) is 0.714. The van der Waals surface area contributed by atoms with Crippen molar-refractivity contribution in [2.75, 3.05) is 19.8 Å². The van der Waals surface area contributed by atoms with Crippen molar-refractivity contribution in [1.29, 1.82) is 0 Å². The van der Waals surface area contributed by atoms with Gasteiger partial charge in [0.2, 0.25) is 0 Å². The lowest BCUT2D eigenvalue weighted by Crippen LogP contribution is -2.35. The smallest absolute Gasteiger partial charge is 0.475 e. The number of carbonyl (C=O) groups is 2. The molecule has 1 saturated heterocycles. The first-order valence-electron chi connectivity index (χ1n) is 4.31. The van der Waals surface area contributed by atoms with E-state index in [0.29, 0.717) is 0 Å². The van der Waals surface area contributed by atoms with E-state index in [1.165, 1.54) is 0 Å². The average molecular weight is 260 g/mol. The Bertz CT molecular complexity index is 281. The molecule has 1 fully saturated rings. The lowest BCUT2D eigenvalue weighted by atomic mass is 10.3. The molecule has 0 aromatic rings. The minimum absolute atomic E-state index is 0.0988. The van der Waals surface area contributed by atoms with Crippen LogP contribution in [0.15, 0.2) is 0 Å². The van der Waals surface area contributed by atoms with Gasteiger partial charge in [0.15, 0.2) is 0 Å². The number of carboxylic acid groups (broad SMARTS) is 1. The summed E-state index contributed by atoms with van der Waals surface area (Å²) in [6, 6.07) is -0.549. The van der Waals surface area contributed by atoms with Gasteiger partial charge in [0.25, 0.3) is 5.91 Å². The molecule has 100 valence electrons. The first kappa shape index (κ1) is 15.6. The number of nitrogens with two attached hydrogens (primary N) is 1. The van der Waals surface area contributed by atoms with Crippen LogP contribution in [-0.2, 0) is 14.4 Å². The fourth-order valence-electron chi connectivity index (χ4n) is 0.756. The normalized spacial score (nSPS) is 19.9. The fourth-order valence-corrected chi connectivity index (χ4v) is 0.756. The van der Waals surface area contributed by atoms with E-state index < -0.39 is 18.2 Å². The van der Waals surface area contributed by atoms with E-state index in [-0.39, 0.29) is 25.7 Å². The number of hydrogen-bond donors (Lipinski definition) is 3. The molecule has 0 radical (unpaired) electrons. The molecule has 0 aromatic carbocycles. The maximum absolute atomic E-state index is 10.9. The SMILES string of the molecule is N[C@@H]1CON(CCO)C1=O.O=C(O)C(F)(F)F. The van der Waals surface area contributed by atoms with E-state index in [9.17, 15) is 18.0 Å². The zero-order chi connectivity index (χ0) is 13.6. The van der Waals surface area contributed by atoms with Crippen LogP contribution in [-0.4, -0.2) is 59.1 Å². The van der Waals surface area contributed by atoms with E-state index in [0.717, 1.165) is 5.06 Å². The number of aliphatic hydroxyl groups is 1. The third-order valence-electron chi connectivity index (χ3n) is 1.52. The van der Waals surface area contributed by atoms with Gasteiger partial charge in [0, 0.05) is 0 Å². The second-order valence-corrected chi connectivity index (χ2v) is 2.87. The Balaban J connectivity index is 0.000000325. The molecule has 1 amide bonds. The highest BCUT2D eigenvalue weighted by Crippen LogP contribution is 2.13. The third-order valence-corrected chi connectivity index (χ3v) is 1.52. The van der Waals surface area contributed by atoms with Gasteiger partial charge in [-0.15, -0.1) is 0 Å². The summed E-state index contributed by atoms with van der Waals surface area (Å²) in [4.78, 5) is 24.6. The maximum Gasteiger partial charge on any atom is 0.490 e. The largest absolute Gasteiger partial charge is 0.490 e. The van der Waals surface area contributed by atoms with Crippen molar-refractivity contribution in [2.24, 2.45) is 5.73 Å². The number of rotatable bonds is 2. The first-order chi connectivity index (χ1) is 7.70. The highest BCUT2D eigenvalue weighted by atomic mass is 19.4. The number of β-amino-alcohol motifs (C(OH)–C–C–N with tert-alkyl or cyclic N) is 1. The lowest BCUT2D eigenvalue weighted by Gasteiger charge is -2.10. The van der Waals surface area contributed by atoms with Crippen LogP contribution in [0.4, 0.5) is 13.2 Å². The van der Waals surface area contributed by atoms with Gasteiger partial charge in [-0.2, -0.15) is 13.2 Å². The second kappa shape index (κ2) is 6.37. The van der Waals surface area contributed by atoms with Crippen molar-refractivity contribution >= 4 is 11.9 Å². The number of aliphatic carboxylic acids is 1. The number of carboxylic acids is 1. The zero-order valence-electron chi connectivity index (χ0n) is 8.48. The Kier molecular flexibility index (Phi) is 5.85. The Morgan fingerprint density at radius 2 is 2.06 bits per heavy atom. The van der Waals surface area contributed by atoms with Crippen LogP contribution in [0.1, 0.15) is 0 Å². The molecule has 10 heteroatoms. The van der Waals surface area contributed by atoms with E-state index in [1.54, 1.807) is 0 Å². The summed E-state index contributed by atoms with van der Waals surface area (Å²) >= 11 is 0. The third kappa shape index (κ3) is 5.47. The summed E-state index contributed by atoms with van der Waals surface area (Å²) in [6.45, 7) is 0.323. The number of aliphatic hydroxyl groups excluding tert-OH is 1. The van der Waals surface area contributed by atoms with E-state index in [4.69, 9.17) is 25.6 Å². The molecule has 1 heterocycles. The van der Waals surface area contributed by atoms with Crippen LogP contribution in [0.5, 0.6) is 0 Å². The number of amides is 1. The van der Waals surface area contributed by atoms with Gasteiger partial charge in [0.05, 0.1) is 19.8 Å². The van der Waals surface area contributed by atoms with Crippen LogP contribution in [0, 0.1) is 0 Å². The molecular weight excluding hydrogens is 249 g/mol. The van der Waals surface area contributed by atoms with Crippen LogP contribution in [0.2, 0.25) is 0 Å². The molecular formula is C7H11F3N2O5. The molecule has 1 rings (SSSR count). The maximum atomic E-state index is 10.9. The molecule has 1 aliphatic heterocycles. The van der Waals surface area contributed by atoms with Crippen LogP contribution >= 0.6 is 0 Å². The van der Waals surface area contributed by atoms with E-state index >= 15 is 0 Å². The average Bonchev–Trinajstić information content (AvgIpc) is 2.50. The highest BCUT2D eigenvalue weighted by Gasteiger charge is 2.38. The minimum Gasteiger partial charge on any atom is -0.475 e. The molecule has 0 bridgehead atoms. The summed E-state index contributed by atoms with van der Waals surface area (Å²) < 4.78 is 31.7. The van der Waals surface area contributed by atoms with Crippen molar-refractivity contribution in [3.63, 3.8) is 0 Å². The predicted molar refractivity (Wildman–Crippen MR) is 46.4 cm³/mol. The van der Waals surface area contributed by atoms with E-state index in [1.807, 2.05) is 0 Å².